The van der Waals surface area contributed by atoms with Gasteiger partial charge in [0.05, 0.1) is 30.3 Å². The van der Waals surface area contributed by atoms with Crippen molar-refractivity contribution in [3.05, 3.63) is 66.7 Å². The fourth-order valence-electron chi connectivity index (χ4n) is 3.07. The van der Waals surface area contributed by atoms with Crippen LogP contribution >= 0.6 is 0 Å². The van der Waals surface area contributed by atoms with Gasteiger partial charge in [-0.1, -0.05) is 31.2 Å². The minimum Gasteiger partial charge on any atom is -0.497 e. The predicted molar refractivity (Wildman–Crippen MR) is 122 cm³/mol. The topological polar surface area (TPSA) is 105 Å². The lowest BCUT2D eigenvalue weighted by molar-refractivity contribution is -0.117. The number of hydrogen-bond donors (Lipinski definition) is 2. The largest absolute Gasteiger partial charge is 0.497 e. The lowest BCUT2D eigenvalue weighted by Crippen LogP contribution is -2.47. The number of carbonyl (C=O) groups excluding carboxylic acids is 2. The Morgan fingerprint density at radius 1 is 1.19 bits per heavy atom. The maximum Gasteiger partial charge on any atom is 0.253 e. The highest BCUT2D eigenvalue weighted by molar-refractivity contribution is 7.92. The second-order valence-corrected chi connectivity index (χ2v) is 8.58. The third-order valence-corrected chi connectivity index (χ3v) is 5.65. The zero-order valence-corrected chi connectivity index (χ0v) is 18.6. The van der Waals surface area contributed by atoms with Crippen LogP contribution in [0.3, 0.4) is 0 Å². The standard InChI is InChI=1S/C22H27N3O5S/c1-5-14-23-21(26)18-12-7-8-13-19(18)24-22(27)20(6-2)25(31(4,28)29)16-10-9-11-17(15-16)30-3/h5,7-13,15,20H,1,6,14H2,2-4H3,(H,23,26)(H,24,27). The predicted octanol–water partition coefficient (Wildman–Crippen LogP) is 2.79. The van der Waals surface area contributed by atoms with Crippen molar-refractivity contribution in [3.8, 4) is 5.75 Å². The van der Waals surface area contributed by atoms with Gasteiger partial charge in [-0.05, 0) is 30.7 Å². The summed E-state index contributed by atoms with van der Waals surface area (Å²) in [4.78, 5) is 25.6. The average molecular weight is 446 g/mol. The summed E-state index contributed by atoms with van der Waals surface area (Å²) in [7, 11) is -2.33. The number of para-hydroxylation sites is 1. The highest BCUT2D eigenvalue weighted by Gasteiger charge is 2.32. The van der Waals surface area contributed by atoms with E-state index in [1.165, 1.54) is 7.11 Å². The van der Waals surface area contributed by atoms with Crippen molar-refractivity contribution in [2.45, 2.75) is 19.4 Å². The quantitative estimate of drug-likeness (QED) is 0.547. The Balaban J connectivity index is 2.39. The van der Waals surface area contributed by atoms with Crippen LogP contribution in [-0.2, 0) is 14.8 Å². The van der Waals surface area contributed by atoms with Gasteiger partial charge in [0, 0.05) is 12.6 Å². The molecule has 9 heteroatoms. The van der Waals surface area contributed by atoms with Gasteiger partial charge in [0.15, 0.2) is 0 Å². The second-order valence-electron chi connectivity index (χ2n) is 6.72. The van der Waals surface area contributed by atoms with E-state index in [9.17, 15) is 18.0 Å². The van der Waals surface area contributed by atoms with Gasteiger partial charge in [0.25, 0.3) is 5.91 Å². The molecule has 0 heterocycles. The third kappa shape index (κ3) is 6.08. The number of benzene rings is 2. The lowest BCUT2D eigenvalue weighted by Gasteiger charge is -2.30. The average Bonchev–Trinajstić information content (AvgIpc) is 2.75. The van der Waals surface area contributed by atoms with E-state index >= 15 is 0 Å². The van der Waals surface area contributed by atoms with Crippen molar-refractivity contribution >= 4 is 33.2 Å². The molecule has 0 saturated heterocycles. The molecule has 0 fully saturated rings. The fraction of sp³-hybridized carbons (Fsp3) is 0.273. The molecule has 0 aliphatic carbocycles. The van der Waals surface area contributed by atoms with E-state index in [0.29, 0.717) is 11.4 Å². The Kier molecular flexibility index (Phi) is 8.21. The summed E-state index contributed by atoms with van der Waals surface area (Å²) in [6.07, 6.45) is 2.80. The number of nitrogens with one attached hydrogen (secondary N) is 2. The summed E-state index contributed by atoms with van der Waals surface area (Å²) in [5.41, 5.74) is 0.854. The van der Waals surface area contributed by atoms with Gasteiger partial charge >= 0.3 is 0 Å². The Labute approximate surface area is 183 Å². The first kappa shape index (κ1) is 23.9. The molecule has 1 unspecified atom stereocenters. The Morgan fingerprint density at radius 3 is 2.52 bits per heavy atom. The number of rotatable bonds is 10. The number of sulfonamides is 1. The molecule has 31 heavy (non-hydrogen) atoms. The summed E-state index contributed by atoms with van der Waals surface area (Å²) in [5, 5.41) is 5.37. The molecule has 1 atom stereocenters. The molecule has 2 amide bonds. The molecule has 0 aliphatic heterocycles. The zero-order valence-electron chi connectivity index (χ0n) is 17.8. The van der Waals surface area contributed by atoms with Crippen molar-refractivity contribution in [2.75, 3.05) is 29.5 Å². The molecule has 8 nitrogen and oxygen atoms in total. The van der Waals surface area contributed by atoms with E-state index in [4.69, 9.17) is 4.74 Å². The molecule has 0 bridgehead atoms. The van der Waals surface area contributed by atoms with E-state index in [1.807, 2.05) is 0 Å². The summed E-state index contributed by atoms with van der Waals surface area (Å²) < 4.78 is 31.5. The molecular formula is C22H27N3O5S. The van der Waals surface area contributed by atoms with Crippen molar-refractivity contribution < 1.29 is 22.7 Å². The van der Waals surface area contributed by atoms with Crippen LogP contribution in [0.2, 0.25) is 0 Å². The van der Waals surface area contributed by atoms with Gasteiger partial charge in [-0.15, -0.1) is 6.58 Å². The van der Waals surface area contributed by atoms with E-state index in [1.54, 1.807) is 61.5 Å². The normalized spacial score (nSPS) is 11.8. The minimum atomic E-state index is -3.80. The Bertz CT molecular complexity index is 1050. The number of carbonyl (C=O) groups is 2. The molecule has 2 rings (SSSR count). The maximum atomic E-state index is 13.2. The van der Waals surface area contributed by atoms with Crippen LogP contribution in [0.5, 0.6) is 5.75 Å². The maximum absolute atomic E-state index is 13.2. The van der Waals surface area contributed by atoms with Gasteiger partial charge in [-0.3, -0.25) is 13.9 Å². The fourth-order valence-corrected chi connectivity index (χ4v) is 4.28. The molecule has 0 spiro atoms. The van der Waals surface area contributed by atoms with Crippen LogP contribution in [0.25, 0.3) is 0 Å². The highest BCUT2D eigenvalue weighted by atomic mass is 32.2. The van der Waals surface area contributed by atoms with E-state index in [2.05, 4.69) is 17.2 Å². The van der Waals surface area contributed by atoms with Crippen LogP contribution in [0, 0.1) is 0 Å². The van der Waals surface area contributed by atoms with Crippen molar-refractivity contribution in [1.29, 1.82) is 0 Å². The molecule has 2 aromatic rings. The number of ether oxygens (including phenoxy) is 1. The lowest BCUT2D eigenvalue weighted by atomic mass is 10.1. The van der Waals surface area contributed by atoms with Gasteiger partial charge in [-0.25, -0.2) is 8.42 Å². The first-order valence-corrected chi connectivity index (χ1v) is 11.5. The van der Waals surface area contributed by atoms with Crippen LogP contribution in [0.15, 0.2) is 61.2 Å². The molecule has 0 aliphatic rings. The van der Waals surface area contributed by atoms with Crippen LogP contribution < -0.4 is 19.7 Å². The first-order valence-electron chi connectivity index (χ1n) is 9.65. The molecule has 166 valence electrons. The molecule has 2 N–H and O–H groups in total. The monoisotopic (exact) mass is 445 g/mol. The highest BCUT2D eigenvalue weighted by Crippen LogP contribution is 2.27. The summed E-state index contributed by atoms with van der Waals surface area (Å²) in [5.74, 6) is -0.470. The molecule has 0 aromatic heterocycles. The van der Waals surface area contributed by atoms with E-state index in [0.717, 1.165) is 10.6 Å². The van der Waals surface area contributed by atoms with Crippen molar-refractivity contribution in [2.24, 2.45) is 0 Å². The molecule has 2 aromatic carbocycles. The minimum absolute atomic E-state index is 0.209. The summed E-state index contributed by atoms with van der Waals surface area (Å²) in [6, 6.07) is 12.0. The Hall–Kier alpha value is -3.33. The number of amides is 2. The van der Waals surface area contributed by atoms with Crippen LogP contribution in [0.1, 0.15) is 23.7 Å². The first-order chi connectivity index (χ1) is 14.7. The van der Waals surface area contributed by atoms with Gasteiger partial charge in [-0.2, -0.15) is 0 Å². The van der Waals surface area contributed by atoms with Crippen LogP contribution in [0.4, 0.5) is 11.4 Å². The van der Waals surface area contributed by atoms with Crippen molar-refractivity contribution in [3.63, 3.8) is 0 Å². The molecular weight excluding hydrogens is 418 g/mol. The Morgan fingerprint density at radius 2 is 1.90 bits per heavy atom. The van der Waals surface area contributed by atoms with Gasteiger partial charge in [0.1, 0.15) is 11.8 Å². The van der Waals surface area contributed by atoms with E-state index < -0.39 is 22.0 Å². The zero-order chi connectivity index (χ0) is 23.0. The number of methoxy groups -OCH3 is 1. The van der Waals surface area contributed by atoms with Gasteiger partial charge in [0.2, 0.25) is 15.9 Å². The SMILES string of the molecule is C=CCNC(=O)c1ccccc1NC(=O)C(CC)N(c1cccc(OC)c1)S(C)(=O)=O. The second kappa shape index (κ2) is 10.6. The summed E-state index contributed by atoms with van der Waals surface area (Å²) >= 11 is 0. The van der Waals surface area contributed by atoms with Crippen LogP contribution in [-0.4, -0.2) is 46.2 Å². The molecule has 0 saturated carbocycles. The number of nitrogens with zero attached hydrogens (tertiary/aromatic N) is 1. The smallest absolute Gasteiger partial charge is 0.253 e. The van der Waals surface area contributed by atoms with E-state index in [-0.39, 0.29) is 30.1 Å². The number of hydrogen-bond acceptors (Lipinski definition) is 5. The van der Waals surface area contributed by atoms with Gasteiger partial charge < -0.3 is 15.4 Å². The summed E-state index contributed by atoms with van der Waals surface area (Å²) in [6.45, 7) is 5.55. The van der Waals surface area contributed by atoms with Crippen molar-refractivity contribution in [1.82, 2.24) is 5.32 Å². The molecule has 0 radical (unpaired) electrons. The third-order valence-electron chi connectivity index (χ3n) is 4.47. The number of anilines is 2.